The summed E-state index contributed by atoms with van der Waals surface area (Å²) in [7, 11) is 0. The zero-order valence-corrected chi connectivity index (χ0v) is 70.1. The summed E-state index contributed by atoms with van der Waals surface area (Å²) in [6.45, 7) is 27.8. The molecule has 0 aliphatic carbocycles. The Morgan fingerprint density at radius 3 is 0.593 bits per heavy atom. The molecule has 0 bridgehead atoms. The van der Waals surface area contributed by atoms with E-state index in [9.17, 15) is 0 Å². The summed E-state index contributed by atoms with van der Waals surface area (Å²) in [5, 5.41) is 10.7. The molecule has 0 amide bonds. The molecule has 108 heavy (non-hydrogen) atoms. The van der Waals surface area contributed by atoms with Crippen molar-refractivity contribution in [1.29, 1.82) is 0 Å². The van der Waals surface area contributed by atoms with Crippen LogP contribution in [-0.2, 0) is 28.4 Å². The van der Waals surface area contributed by atoms with Gasteiger partial charge >= 0.3 is 0 Å². The molecule has 1 aromatic heterocycles. The van der Waals surface area contributed by atoms with Gasteiger partial charge in [-0.3, -0.25) is 0 Å². The predicted molar refractivity (Wildman–Crippen MR) is 449 cm³/mol. The zero-order valence-electron chi connectivity index (χ0n) is 70.1. The number of benzene rings is 3. The van der Waals surface area contributed by atoms with E-state index in [1.165, 1.54) is 231 Å². The van der Waals surface area contributed by atoms with Gasteiger partial charge in [-0.2, -0.15) is 15.0 Å². The Morgan fingerprint density at radius 2 is 0.380 bits per heavy atom. The van der Waals surface area contributed by atoms with Crippen LogP contribution in [0, 0.1) is 20.8 Å². The van der Waals surface area contributed by atoms with Gasteiger partial charge in [-0.1, -0.05) is 271 Å². The Labute approximate surface area is 657 Å². The summed E-state index contributed by atoms with van der Waals surface area (Å²) >= 11 is 0. The van der Waals surface area contributed by atoms with Gasteiger partial charge in [0.15, 0.2) is 34.5 Å². The van der Waals surface area contributed by atoms with Crippen molar-refractivity contribution in [2.45, 2.75) is 332 Å². The second kappa shape index (κ2) is 67.3. The lowest BCUT2D eigenvalue weighted by atomic mass is 10.0. The number of unbranched alkanes of at least 4 members (excludes halogenated alkanes) is 39. The molecule has 3 N–H and O–H groups in total. The van der Waals surface area contributed by atoms with Crippen LogP contribution in [0.25, 0.3) is 0 Å². The van der Waals surface area contributed by atoms with Crippen molar-refractivity contribution in [1.82, 2.24) is 15.0 Å². The van der Waals surface area contributed by atoms with Crippen molar-refractivity contribution in [2.24, 2.45) is 0 Å². The molecule has 618 valence electrons. The molecule has 18 nitrogen and oxygen atoms in total. The van der Waals surface area contributed by atoms with Crippen LogP contribution >= 0.6 is 0 Å². The first-order valence-corrected chi connectivity index (χ1v) is 44.0. The molecule has 18 heteroatoms. The van der Waals surface area contributed by atoms with E-state index in [1.54, 1.807) is 0 Å². The van der Waals surface area contributed by atoms with E-state index in [-0.39, 0.29) is 17.8 Å². The Bertz CT molecular complexity index is 2460. The monoisotopic (exact) mass is 1510 g/mol. The fourth-order valence-corrected chi connectivity index (χ4v) is 13.1. The summed E-state index contributed by atoms with van der Waals surface area (Å²) in [4.78, 5) is 15.2. The van der Waals surface area contributed by atoms with Crippen LogP contribution in [0.1, 0.15) is 328 Å². The summed E-state index contributed by atoms with van der Waals surface area (Å²) in [6, 6.07) is 12.0. The first-order valence-electron chi connectivity index (χ1n) is 44.0. The number of aryl methyl sites for hydroxylation is 3. The maximum Gasteiger partial charge on any atom is 0.233 e. The van der Waals surface area contributed by atoms with Crippen LogP contribution in [-0.4, -0.2) is 134 Å². The smallest absolute Gasteiger partial charge is 0.233 e. The van der Waals surface area contributed by atoms with Gasteiger partial charge in [-0.05, 0) is 95.7 Å². The van der Waals surface area contributed by atoms with E-state index in [2.05, 4.69) is 57.5 Å². The second-order valence-electron chi connectivity index (χ2n) is 29.3. The van der Waals surface area contributed by atoms with Gasteiger partial charge < -0.3 is 72.8 Å². The maximum absolute atomic E-state index is 6.57. The number of ether oxygens (including phenoxy) is 12. The van der Waals surface area contributed by atoms with Crippen LogP contribution < -0.4 is 44.4 Å². The van der Waals surface area contributed by atoms with Crippen LogP contribution in [0.2, 0.25) is 0 Å². The molecular formula is C90H156N6O12. The molecule has 0 aliphatic rings. The molecule has 0 atom stereocenters. The van der Waals surface area contributed by atoms with Gasteiger partial charge in [0.2, 0.25) is 17.8 Å². The highest BCUT2D eigenvalue weighted by molar-refractivity contribution is 5.70. The Morgan fingerprint density at radius 1 is 0.204 bits per heavy atom. The van der Waals surface area contributed by atoms with Crippen molar-refractivity contribution in [2.75, 3.05) is 135 Å². The number of nitrogens with one attached hydrogen (secondary N) is 3. The number of aromatic nitrogens is 3. The molecule has 4 rings (SSSR count). The summed E-state index contributed by atoms with van der Waals surface area (Å²) in [6.07, 6.45) is 54.5. The topological polar surface area (TPSA) is 186 Å². The fourth-order valence-electron chi connectivity index (χ4n) is 13.1. The average molecular weight is 1510 g/mol. The minimum Gasteiger partial charge on any atom is -0.490 e. The lowest BCUT2D eigenvalue weighted by Crippen LogP contribution is -2.13. The number of hydrogen-bond acceptors (Lipinski definition) is 18. The molecule has 0 fully saturated rings. The lowest BCUT2D eigenvalue weighted by Gasteiger charge is -2.19. The molecule has 4 aromatic rings. The van der Waals surface area contributed by atoms with Crippen molar-refractivity contribution in [3.63, 3.8) is 0 Å². The zero-order chi connectivity index (χ0) is 77.1. The summed E-state index contributed by atoms with van der Waals surface area (Å²) < 4.78 is 73.5. The predicted octanol–water partition coefficient (Wildman–Crippen LogP) is 24.9. The van der Waals surface area contributed by atoms with Crippen LogP contribution in [0.15, 0.2) is 36.4 Å². The Balaban J connectivity index is 1.62. The number of rotatable bonds is 78. The van der Waals surface area contributed by atoms with Crippen molar-refractivity contribution in [3.05, 3.63) is 53.1 Å². The quantitative estimate of drug-likeness (QED) is 0.0354. The van der Waals surface area contributed by atoms with Gasteiger partial charge in [0.25, 0.3) is 0 Å². The third-order valence-corrected chi connectivity index (χ3v) is 19.7. The third kappa shape index (κ3) is 47.8. The molecule has 0 aliphatic heterocycles. The first-order chi connectivity index (χ1) is 53.2. The van der Waals surface area contributed by atoms with E-state index >= 15 is 0 Å². The maximum atomic E-state index is 6.57. The Hall–Kier alpha value is -5.37. The van der Waals surface area contributed by atoms with Crippen LogP contribution in [0.5, 0.6) is 34.5 Å². The average Bonchev–Trinajstić information content (AvgIpc) is 0.811. The van der Waals surface area contributed by atoms with E-state index in [1.807, 2.05) is 57.2 Å². The van der Waals surface area contributed by atoms with Crippen LogP contribution in [0.3, 0.4) is 0 Å². The molecule has 3 aromatic carbocycles. The van der Waals surface area contributed by atoms with Crippen molar-refractivity contribution in [3.8, 4) is 34.5 Å². The van der Waals surface area contributed by atoms with Gasteiger partial charge in [-0.15, -0.1) is 0 Å². The highest BCUT2D eigenvalue weighted by Gasteiger charge is 2.19. The second-order valence-corrected chi connectivity index (χ2v) is 29.3. The van der Waals surface area contributed by atoms with Gasteiger partial charge in [0.1, 0.15) is 19.8 Å². The standard InChI is InChI=1S/C90H156N6O12/c1-10-16-19-22-25-28-31-34-37-40-43-46-49-52-55-103-82-70-76(7)79(73-85(82)106-67-64-100-61-58-97-13-4)91-88-94-89(92-80-74-86(107-68-65-101-62-59-98-14-5)83(71-77(80)8)104-56-53-50-47-44-41-38-35-32-29-26-23-20-17-11-2)96-90(95-88)93-81-75-87(108-69-66-102-63-60-99-15-6)84(72-78(81)9)105-57-54-51-48-45-42-39-36-33-30-27-24-21-18-12-3/h70-75H,10-69H2,1-9H3,(H3,91,92,93,94,95,96). The lowest BCUT2D eigenvalue weighted by molar-refractivity contribution is 0.0400. The minimum atomic E-state index is 0.289. The first kappa shape index (κ1) is 95.0. The van der Waals surface area contributed by atoms with Gasteiger partial charge in [0.05, 0.1) is 79.3 Å². The summed E-state index contributed by atoms with van der Waals surface area (Å²) in [5.41, 5.74) is 4.97. The van der Waals surface area contributed by atoms with E-state index in [0.717, 1.165) is 72.3 Å². The highest BCUT2D eigenvalue weighted by Crippen LogP contribution is 2.39. The highest BCUT2D eigenvalue weighted by atomic mass is 16.6. The van der Waals surface area contributed by atoms with Crippen molar-refractivity contribution >= 4 is 34.9 Å². The third-order valence-electron chi connectivity index (χ3n) is 19.7. The molecule has 1 heterocycles. The molecule has 0 spiro atoms. The number of nitrogens with zero attached hydrogens (tertiary/aromatic N) is 3. The molecule has 0 saturated carbocycles. The van der Waals surface area contributed by atoms with E-state index in [4.69, 9.17) is 71.8 Å². The van der Waals surface area contributed by atoms with Gasteiger partial charge in [-0.25, -0.2) is 0 Å². The molecule has 0 saturated heterocycles. The summed E-state index contributed by atoms with van der Waals surface area (Å²) in [5.74, 6) is 4.68. The van der Waals surface area contributed by atoms with E-state index < -0.39 is 0 Å². The Kier molecular flexibility index (Phi) is 59.2. The molecule has 0 unspecified atom stereocenters. The van der Waals surface area contributed by atoms with Crippen LogP contribution in [0.4, 0.5) is 34.9 Å². The van der Waals surface area contributed by atoms with E-state index in [0.29, 0.717) is 153 Å². The normalized spacial score (nSPS) is 11.4. The molecular weight excluding hydrogens is 1360 g/mol. The SMILES string of the molecule is CCCCCCCCCCCCCCCCOc1cc(C)c(Nc2nc(Nc3cc(OCCOCCOCC)c(OCCCCCCCCCCCCCCCC)cc3C)nc(Nc3cc(OCCOCCOCC)c(OCCCCCCCCCCCCCCCC)cc3C)n2)cc1OCCOCCOCC. The number of anilines is 6. The number of hydrogen-bond donors (Lipinski definition) is 3. The fraction of sp³-hybridized carbons (Fsp3) is 0.767. The largest absolute Gasteiger partial charge is 0.490 e. The van der Waals surface area contributed by atoms with Gasteiger partial charge in [0, 0.05) is 55.1 Å². The minimum absolute atomic E-state index is 0.289. The van der Waals surface area contributed by atoms with Crippen molar-refractivity contribution < 1.29 is 56.8 Å². The molecule has 0 radical (unpaired) electrons.